The van der Waals surface area contributed by atoms with Gasteiger partial charge in [0.15, 0.2) is 5.65 Å². The Morgan fingerprint density at radius 2 is 1.69 bits per heavy atom. The number of nitrogens with zero attached hydrogens (tertiary/aromatic N) is 8. The normalized spacial score (nSPS) is 21.3. The number of halogens is 2. The van der Waals surface area contributed by atoms with Crippen LogP contribution in [0.1, 0.15) is 54.0 Å². The van der Waals surface area contributed by atoms with Crippen LogP contribution in [-0.4, -0.2) is 80.0 Å². The van der Waals surface area contributed by atoms with Crippen molar-refractivity contribution in [2.24, 2.45) is 0 Å². The van der Waals surface area contributed by atoms with Crippen LogP contribution in [0.3, 0.4) is 0 Å². The van der Waals surface area contributed by atoms with E-state index >= 15 is 0 Å². The molecule has 4 aliphatic rings. The molecule has 266 valence electrons. The molecule has 0 spiro atoms. The van der Waals surface area contributed by atoms with Crippen molar-refractivity contribution in [3.05, 3.63) is 107 Å². The molecule has 3 saturated heterocycles. The molecule has 2 amide bonds. The van der Waals surface area contributed by atoms with Crippen LogP contribution in [0.2, 0.25) is 0 Å². The highest BCUT2D eigenvalue weighted by Crippen LogP contribution is 2.37. The number of pyridine rings is 1. The van der Waals surface area contributed by atoms with Crippen LogP contribution in [0.15, 0.2) is 73.1 Å². The van der Waals surface area contributed by atoms with Crippen molar-refractivity contribution < 1.29 is 18.4 Å². The first-order chi connectivity index (χ1) is 25.4. The lowest BCUT2D eigenvalue weighted by Gasteiger charge is -2.35. The van der Waals surface area contributed by atoms with Crippen LogP contribution >= 0.6 is 0 Å². The zero-order valence-corrected chi connectivity index (χ0v) is 28.7. The number of aromatic nitrogens is 4. The summed E-state index contributed by atoms with van der Waals surface area (Å²) in [4.78, 5) is 43.1. The van der Waals surface area contributed by atoms with Crippen molar-refractivity contribution in [3.8, 4) is 11.3 Å². The van der Waals surface area contributed by atoms with E-state index in [1.807, 2.05) is 30.5 Å². The number of imide groups is 1. The summed E-state index contributed by atoms with van der Waals surface area (Å²) in [6.45, 7) is 6.49. The summed E-state index contributed by atoms with van der Waals surface area (Å²) in [6, 6.07) is 17.7. The molecule has 1 N–H and O–H groups in total. The number of benzene rings is 2. The van der Waals surface area contributed by atoms with Gasteiger partial charge in [-0.2, -0.15) is 5.10 Å². The Bertz CT molecular complexity index is 2180. The molecule has 5 aromatic rings. The van der Waals surface area contributed by atoms with E-state index in [4.69, 9.17) is 9.97 Å². The predicted octanol–water partition coefficient (Wildman–Crippen LogP) is 4.85. The van der Waals surface area contributed by atoms with E-state index < -0.39 is 11.6 Å². The van der Waals surface area contributed by atoms with Crippen molar-refractivity contribution in [3.63, 3.8) is 0 Å². The Morgan fingerprint density at radius 3 is 2.56 bits per heavy atom. The van der Waals surface area contributed by atoms with Crippen LogP contribution in [-0.2, 0) is 29.2 Å². The first-order valence-electron chi connectivity index (χ1n) is 18.1. The van der Waals surface area contributed by atoms with Gasteiger partial charge in [0.25, 0.3) is 0 Å². The predicted molar refractivity (Wildman–Crippen MR) is 191 cm³/mol. The first-order valence-corrected chi connectivity index (χ1v) is 18.1. The summed E-state index contributed by atoms with van der Waals surface area (Å²) >= 11 is 0. The van der Waals surface area contributed by atoms with Gasteiger partial charge in [-0.1, -0.05) is 24.3 Å². The van der Waals surface area contributed by atoms with E-state index in [9.17, 15) is 18.4 Å². The minimum Gasteiger partial charge on any atom is -0.354 e. The fourth-order valence-electron chi connectivity index (χ4n) is 8.30. The molecule has 0 saturated carbocycles. The maximum absolute atomic E-state index is 14.8. The average Bonchev–Trinajstić information content (AvgIpc) is 3.91. The highest BCUT2D eigenvalue weighted by atomic mass is 19.1. The summed E-state index contributed by atoms with van der Waals surface area (Å²) in [7, 11) is 0. The van der Waals surface area contributed by atoms with Crippen molar-refractivity contribution in [2.45, 2.75) is 57.4 Å². The highest BCUT2D eigenvalue weighted by molar-refractivity contribution is 6.00. The van der Waals surface area contributed by atoms with Gasteiger partial charge < -0.3 is 9.80 Å². The number of rotatable bonds is 7. The van der Waals surface area contributed by atoms with Gasteiger partial charge in [-0.05, 0) is 72.4 Å². The number of piperidine rings is 1. The largest absolute Gasteiger partial charge is 0.354 e. The Hall–Kier alpha value is -5.27. The number of piperazine rings is 1. The number of anilines is 2. The van der Waals surface area contributed by atoms with Crippen LogP contribution in [0.5, 0.6) is 0 Å². The lowest BCUT2D eigenvalue weighted by atomic mass is 10.0. The minimum atomic E-state index is -0.447. The molecule has 9 rings (SSSR count). The van der Waals surface area contributed by atoms with Crippen molar-refractivity contribution in [1.82, 2.24) is 34.7 Å². The third-order valence-electron chi connectivity index (χ3n) is 11.0. The van der Waals surface area contributed by atoms with Crippen LogP contribution < -0.4 is 15.1 Å². The van der Waals surface area contributed by atoms with E-state index in [1.165, 1.54) is 28.8 Å². The number of nitrogens with one attached hydrogen (secondary N) is 1. The van der Waals surface area contributed by atoms with Crippen molar-refractivity contribution in [1.29, 1.82) is 0 Å². The number of carbonyl (C=O) groups is 2. The lowest BCUT2D eigenvalue weighted by molar-refractivity contribution is -0.137. The van der Waals surface area contributed by atoms with Gasteiger partial charge in [0.2, 0.25) is 11.8 Å². The maximum Gasteiger partial charge on any atom is 0.243 e. The number of hydrogen-bond acceptors (Lipinski definition) is 9. The van der Waals surface area contributed by atoms with Crippen molar-refractivity contribution >= 4 is 29.1 Å². The number of amides is 2. The van der Waals surface area contributed by atoms with Gasteiger partial charge in [0, 0.05) is 70.5 Å². The second-order valence-electron chi connectivity index (χ2n) is 14.2. The van der Waals surface area contributed by atoms with E-state index in [2.05, 4.69) is 48.2 Å². The topological polar surface area (TPSA) is 102 Å². The highest BCUT2D eigenvalue weighted by Gasteiger charge is 2.35. The average molecular weight is 704 g/mol. The molecule has 2 unspecified atom stereocenters. The summed E-state index contributed by atoms with van der Waals surface area (Å²) < 4.78 is 30.6. The monoisotopic (exact) mass is 703 g/mol. The Morgan fingerprint density at radius 1 is 0.827 bits per heavy atom. The molecule has 7 heterocycles. The first kappa shape index (κ1) is 32.6. The number of fused-ring (bicyclic) bond motifs is 2. The van der Waals surface area contributed by atoms with Crippen LogP contribution in [0.25, 0.3) is 16.9 Å². The van der Waals surface area contributed by atoms with E-state index in [-0.39, 0.29) is 23.9 Å². The van der Waals surface area contributed by atoms with Crippen LogP contribution in [0, 0.1) is 11.6 Å². The summed E-state index contributed by atoms with van der Waals surface area (Å²) in [5.41, 5.74) is 6.37. The zero-order valence-electron chi connectivity index (χ0n) is 28.7. The smallest absolute Gasteiger partial charge is 0.243 e. The van der Waals surface area contributed by atoms with Gasteiger partial charge in [0.05, 0.1) is 29.5 Å². The molecule has 11 nitrogen and oxygen atoms in total. The van der Waals surface area contributed by atoms with Gasteiger partial charge >= 0.3 is 0 Å². The Labute approximate surface area is 299 Å². The van der Waals surface area contributed by atoms with Gasteiger partial charge in [0.1, 0.15) is 23.3 Å². The Kier molecular flexibility index (Phi) is 8.39. The quantitative estimate of drug-likeness (QED) is 0.239. The van der Waals surface area contributed by atoms with E-state index in [0.717, 1.165) is 81.8 Å². The zero-order chi connectivity index (χ0) is 35.3. The summed E-state index contributed by atoms with van der Waals surface area (Å²) in [5, 5.41) is 7.04. The molecule has 52 heavy (non-hydrogen) atoms. The standard InChI is InChI=1S/C39H39F2N9O2/c40-28-8-9-31(41)29(20-28)33-4-2-13-49(33)36-12-14-50-38(44-36)30(21-42-50)32-3-1-5-35(43-32)47-17-15-46(16-18-47)22-25-6-7-26-23-48(24-27(26)19-25)34-10-11-37(51)45-39(34)52/h1,3,5-9,12,14,19-21,33-34H,2,4,10-11,13,15-18,22-24H2,(H,45,51,52). The molecule has 0 bridgehead atoms. The molecule has 0 aliphatic carbocycles. The van der Waals surface area contributed by atoms with E-state index in [0.29, 0.717) is 36.4 Å². The Balaban J connectivity index is 0.862. The molecule has 3 fully saturated rings. The molecule has 2 aromatic carbocycles. The molecule has 0 radical (unpaired) electrons. The molecular formula is C39H39F2N9O2. The second-order valence-corrected chi connectivity index (χ2v) is 14.2. The SMILES string of the molecule is O=C1CCC(N2Cc3ccc(CN4CCN(c5cccc(-c6cnn7ccc(N8CCCC8c8cc(F)ccc8F)nc67)n5)CC4)cc3C2)C(=O)N1. The summed E-state index contributed by atoms with van der Waals surface area (Å²) in [5.74, 6) is 0.383. The molecule has 2 atom stereocenters. The lowest BCUT2D eigenvalue weighted by Crippen LogP contribution is -2.50. The number of carbonyl (C=O) groups excluding carboxylic acids is 2. The molecule has 13 heteroatoms. The van der Waals surface area contributed by atoms with Gasteiger partial charge in [-0.25, -0.2) is 23.3 Å². The van der Waals surface area contributed by atoms with E-state index in [1.54, 1.807) is 10.7 Å². The van der Waals surface area contributed by atoms with Gasteiger partial charge in [-0.3, -0.25) is 24.7 Å². The fraction of sp³-hybridized carbons (Fsp3) is 0.359. The third kappa shape index (κ3) is 6.17. The van der Waals surface area contributed by atoms with Gasteiger partial charge in [-0.15, -0.1) is 0 Å². The third-order valence-corrected chi connectivity index (χ3v) is 11.0. The molecule has 3 aromatic heterocycles. The summed E-state index contributed by atoms with van der Waals surface area (Å²) in [6.07, 6.45) is 6.18. The van der Waals surface area contributed by atoms with Crippen LogP contribution in [0.4, 0.5) is 20.4 Å². The van der Waals surface area contributed by atoms with Crippen molar-refractivity contribution in [2.75, 3.05) is 42.5 Å². The number of hydrogen-bond donors (Lipinski definition) is 1. The molecule has 4 aliphatic heterocycles. The maximum atomic E-state index is 14.8. The molecular weight excluding hydrogens is 664 g/mol. The minimum absolute atomic E-state index is 0.181. The fourth-order valence-corrected chi connectivity index (χ4v) is 8.30. The second kappa shape index (κ2) is 13.4.